The third-order valence-electron chi connectivity index (χ3n) is 3.19. The average Bonchev–Trinajstić information content (AvgIpc) is 2.18. The quantitative estimate of drug-likeness (QED) is 0.753. The van der Waals surface area contributed by atoms with Gasteiger partial charge in [0.1, 0.15) is 6.67 Å². The Hall–Kier alpha value is -0.640. The summed E-state index contributed by atoms with van der Waals surface area (Å²) in [6.07, 6.45) is 2.22. The first-order valence-corrected chi connectivity index (χ1v) is 5.16. The van der Waals surface area contributed by atoms with E-state index < -0.39 is 11.4 Å². The number of hydrogen-bond donors (Lipinski definition) is 1. The Morgan fingerprint density at radius 1 is 1.64 bits per heavy atom. The molecule has 1 aliphatic heterocycles. The van der Waals surface area contributed by atoms with Gasteiger partial charge in [-0.3, -0.25) is 9.69 Å². The van der Waals surface area contributed by atoms with Crippen LogP contribution in [-0.4, -0.2) is 42.3 Å². The van der Waals surface area contributed by atoms with E-state index in [-0.39, 0.29) is 6.67 Å². The molecule has 0 spiro atoms. The normalized spacial score (nSPS) is 29.0. The van der Waals surface area contributed by atoms with Gasteiger partial charge < -0.3 is 5.11 Å². The van der Waals surface area contributed by atoms with Crippen molar-refractivity contribution in [3.63, 3.8) is 0 Å². The molecule has 1 aliphatic rings. The molecule has 4 heteroatoms. The molecule has 1 N–H and O–H groups in total. The van der Waals surface area contributed by atoms with E-state index in [1.54, 1.807) is 0 Å². The zero-order valence-corrected chi connectivity index (χ0v) is 8.63. The fourth-order valence-electron chi connectivity index (χ4n) is 2.15. The van der Waals surface area contributed by atoms with Gasteiger partial charge in [-0.15, -0.1) is 0 Å². The van der Waals surface area contributed by atoms with Crippen molar-refractivity contribution in [1.82, 2.24) is 4.90 Å². The Kier molecular flexibility index (Phi) is 3.86. The second-order valence-electron chi connectivity index (χ2n) is 4.01. The Morgan fingerprint density at radius 2 is 2.36 bits per heavy atom. The first-order chi connectivity index (χ1) is 6.64. The van der Waals surface area contributed by atoms with Crippen LogP contribution in [0, 0.1) is 5.41 Å². The van der Waals surface area contributed by atoms with Gasteiger partial charge in [-0.2, -0.15) is 0 Å². The second-order valence-corrected chi connectivity index (χ2v) is 4.01. The van der Waals surface area contributed by atoms with Crippen LogP contribution in [0.25, 0.3) is 0 Å². The summed E-state index contributed by atoms with van der Waals surface area (Å²) in [5, 5.41) is 9.15. The van der Waals surface area contributed by atoms with E-state index in [0.29, 0.717) is 19.5 Å². The van der Waals surface area contributed by atoms with Crippen molar-refractivity contribution in [1.29, 1.82) is 0 Å². The number of carboxylic acids is 1. The highest BCUT2D eigenvalue weighted by molar-refractivity contribution is 5.75. The van der Waals surface area contributed by atoms with Gasteiger partial charge in [-0.25, -0.2) is 4.39 Å². The molecule has 1 saturated heterocycles. The van der Waals surface area contributed by atoms with Gasteiger partial charge in [-0.1, -0.05) is 6.92 Å². The fraction of sp³-hybridized carbons (Fsp3) is 0.900. The van der Waals surface area contributed by atoms with Crippen molar-refractivity contribution in [2.45, 2.75) is 26.2 Å². The van der Waals surface area contributed by atoms with Crippen molar-refractivity contribution < 1.29 is 14.3 Å². The van der Waals surface area contributed by atoms with Gasteiger partial charge in [-0.05, 0) is 25.8 Å². The van der Waals surface area contributed by atoms with Gasteiger partial charge in [0, 0.05) is 13.1 Å². The summed E-state index contributed by atoms with van der Waals surface area (Å²) in [5.74, 6) is -0.733. The molecule has 0 saturated carbocycles. The van der Waals surface area contributed by atoms with Crippen LogP contribution >= 0.6 is 0 Å². The molecular weight excluding hydrogens is 185 g/mol. The molecule has 0 aromatic heterocycles. The maximum atomic E-state index is 12.1. The highest BCUT2D eigenvalue weighted by atomic mass is 19.1. The number of likely N-dealkylation sites (tertiary alicyclic amines) is 1. The number of rotatable bonds is 4. The molecule has 1 unspecified atom stereocenters. The zero-order chi connectivity index (χ0) is 10.6. The van der Waals surface area contributed by atoms with E-state index in [1.165, 1.54) is 0 Å². The van der Waals surface area contributed by atoms with Crippen molar-refractivity contribution >= 4 is 5.97 Å². The smallest absolute Gasteiger partial charge is 0.310 e. The predicted octanol–water partition coefficient (Wildman–Crippen LogP) is 1.53. The van der Waals surface area contributed by atoms with Crippen LogP contribution in [0.4, 0.5) is 4.39 Å². The van der Waals surface area contributed by atoms with Crippen molar-refractivity contribution in [3.05, 3.63) is 0 Å². The van der Waals surface area contributed by atoms with Gasteiger partial charge >= 0.3 is 5.97 Å². The summed E-state index contributed by atoms with van der Waals surface area (Å²) < 4.78 is 12.1. The van der Waals surface area contributed by atoms with Gasteiger partial charge in [0.25, 0.3) is 0 Å². The zero-order valence-electron chi connectivity index (χ0n) is 8.63. The summed E-state index contributed by atoms with van der Waals surface area (Å²) >= 11 is 0. The predicted molar refractivity (Wildman–Crippen MR) is 52.0 cm³/mol. The summed E-state index contributed by atoms with van der Waals surface area (Å²) in [6.45, 7) is 3.21. The number of carboxylic acid groups (broad SMARTS) is 1. The number of nitrogens with zero attached hydrogens (tertiary/aromatic N) is 1. The van der Waals surface area contributed by atoms with Crippen LogP contribution in [0.15, 0.2) is 0 Å². The third kappa shape index (κ3) is 2.23. The maximum absolute atomic E-state index is 12.1. The molecule has 1 atom stereocenters. The summed E-state index contributed by atoms with van der Waals surface area (Å²) in [5.41, 5.74) is -0.632. The van der Waals surface area contributed by atoms with Crippen molar-refractivity contribution in [2.75, 3.05) is 26.3 Å². The van der Waals surface area contributed by atoms with E-state index >= 15 is 0 Å². The van der Waals surface area contributed by atoms with Crippen LogP contribution < -0.4 is 0 Å². The van der Waals surface area contributed by atoms with Crippen LogP contribution in [0.1, 0.15) is 26.2 Å². The molecule has 3 nitrogen and oxygen atoms in total. The molecule has 0 aromatic carbocycles. The minimum Gasteiger partial charge on any atom is -0.481 e. The minimum absolute atomic E-state index is 0.370. The molecule has 14 heavy (non-hydrogen) atoms. The molecule has 0 bridgehead atoms. The summed E-state index contributed by atoms with van der Waals surface area (Å²) in [7, 11) is 0. The standard InChI is InChI=1S/C10H18FNO2/c1-2-10(9(13)14)4-3-6-12(8-10)7-5-11/h2-8H2,1H3,(H,13,14). The minimum atomic E-state index is -0.733. The van der Waals surface area contributed by atoms with E-state index in [0.717, 1.165) is 19.4 Å². The Labute approximate surface area is 83.9 Å². The van der Waals surface area contributed by atoms with E-state index in [2.05, 4.69) is 0 Å². The molecule has 0 aliphatic carbocycles. The van der Waals surface area contributed by atoms with Crippen molar-refractivity contribution in [3.8, 4) is 0 Å². The Bertz CT molecular complexity index is 208. The SMILES string of the molecule is CCC1(C(=O)O)CCCN(CCF)C1. The van der Waals surface area contributed by atoms with Gasteiger partial charge in [0.05, 0.1) is 5.41 Å². The van der Waals surface area contributed by atoms with Crippen LogP contribution in [0.5, 0.6) is 0 Å². The largest absolute Gasteiger partial charge is 0.481 e. The number of carbonyl (C=O) groups is 1. The molecule has 0 amide bonds. The first-order valence-electron chi connectivity index (χ1n) is 5.16. The lowest BCUT2D eigenvalue weighted by molar-refractivity contribution is -0.153. The molecule has 0 aromatic rings. The average molecular weight is 203 g/mol. The lowest BCUT2D eigenvalue weighted by Gasteiger charge is -2.39. The molecule has 1 fully saturated rings. The number of hydrogen-bond acceptors (Lipinski definition) is 2. The molecular formula is C10H18FNO2. The Morgan fingerprint density at radius 3 is 2.86 bits per heavy atom. The van der Waals surface area contributed by atoms with E-state index in [4.69, 9.17) is 5.11 Å². The second kappa shape index (κ2) is 4.73. The third-order valence-corrected chi connectivity index (χ3v) is 3.19. The molecule has 1 rings (SSSR count). The summed E-state index contributed by atoms with van der Waals surface area (Å²) in [4.78, 5) is 13.1. The topological polar surface area (TPSA) is 40.5 Å². The monoisotopic (exact) mass is 203 g/mol. The van der Waals surface area contributed by atoms with Crippen molar-refractivity contribution in [2.24, 2.45) is 5.41 Å². The number of halogens is 1. The van der Waals surface area contributed by atoms with Crippen LogP contribution in [0.2, 0.25) is 0 Å². The number of alkyl halides is 1. The molecule has 82 valence electrons. The van der Waals surface area contributed by atoms with Gasteiger partial charge in [0.15, 0.2) is 0 Å². The lowest BCUT2D eigenvalue weighted by Crippen LogP contribution is -2.48. The van der Waals surface area contributed by atoms with Gasteiger partial charge in [0.2, 0.25) is 0 Å². The lowest BCUT2D eigenvalue weighted by atomic mass is 9.78. The highest BCUT2D eigenvalue weighted by Crippen LogP contribution is 2.33. The number of aliphatic carboxylic acids is 1. The van der Waals surface area contributed by atoms with Crippen LogP contribution in [-0.2, 0) is 4.79 Å². The van der Waals surface area contributed by atoms with E-state index in [9.17, 15) is 9.18 Å². The Balaban J connectivity index is 2.64. The first kappa shape index (κ1) is 11.4. The maximum Gasteiger partial charge on any atom is 0.310 e. The fourth-order valence-corrected chi connectivity index (χ4v) is 2.15. The van der Waals surface area contributed by atoms with E-state index in [1.807, 2.05) is 11.8 Å². The molecule has 1 heterocycles. The molecule has 0 radical (unpaired) electrons. The number of piperidine rings is 1. The summed E-state index contributed by atoms with van der Waals surface area (Å²) in [6, 6.07) is 0. The highest BCUT2D eigenvalue weighted by Gasteiger charge is 2.40. The van der Waals surface area contributed by atoms with Crippen LogP contribution in [0.3, 0.4) is 0 Å².